The van der Waals surface area contributed by atoms with Crippen LogP contribution in [0.1, 0.15) is 25.0 Å². The second kappa shape index (κ2) is 10.4. The number of benzene rings is 2. The van der Waals surface area contributed by atoms with Gasteiger partial charge in [0.15, 0.2) is 0 Å². The van der Waals surface area contributed by atoms with E-state index in [1.165, 1.54) is 5.56 Å². The summed E-state index contributed by atoms with van der Waals surface area (Å²) < 4.78 is 16.7. The van der Waals surface area contributed by atoms with Crippen LogP contribution in [0.4, 0.5) is 0 Å². The van der Waals surface area contributed by atoms with Crippen LogP contribution in [0.15, 0.2) is 48.5 Å². The van der Waals surface area contributed by atoms with Crippen LogP contribution < -0.4 is 4.74 Å². The highest BCUT2D eigenvalue weighted by atomic mass is 35.5. The zero-order valence-electron chi connectivity index (χ0n) is 17.1. The van der Waals surface area contributed by atoms with E-state index in [9.17, 15) is 5.11 Å². The Hall–Kier alpha value is -1.63. The fraction of sp³-hybridized carbons (Fsp3) is 0.478. The molecule has 0 bridgehead atoms. The van der Waals surface area contributed by atoms with E-state index in [0.717, 1.165) is 18.7 Å². The predicted molar refractivity (Wildman–Crippen MR) is 114 cm³/mol. The summed E-state index contributed by atoms with van der Waals surface area (Å²) in [4.78, 5) is 2.26. The van der Waals surface area contributed by atoms with Crippen molar-refractivity contribution < 1.29 is 19.3 Å². The molecule has 1 aliphatic rings. The molecule has 1 fully saturated rings. The minimum Gasteiger partial charge on any atom is -0.491 e. The third-order valence-corrected chi connectivity index (χ3v) is 5.43. The zero-order valence-corrected chi connectivity index (χ0v) is 17.9. The average molecular weight is 420 g/mol. The molecule has 0 spiro atoms. The van der Waals surface area contributed by atoms with E-state index in [1.807, 2.05) is 31.2 Å². The molecular weight excluding hydrogens is 390 g/mol. The largest absolute Gasteiger partial charge is 0.491 e. The highest BCUT2D eigenvalue weighted by Gasteiger charge is 2.37. The van der Waals surface area contributed by atoms with Gasteiger partial charge in [0, 0.05) is 29.8 Å². The number of hydrogen-bond donors (Lipinski definition) is 1. The van der Waals surface area contributed by atoms with Crippen molar-refractivity contribution in [1.82, 2.24) is 4.90 Å². The molecule has 2 atom stereocenters. The summed E-state index contributed by atoms with van der Waals surface area (Å²) in [5.74, 6) is -0.488. The molecule has 1 heterocycles. The number of hydrogen-bond acceptors (Lipinski definition) is 5. The SMILES string of the molecule is CCOCCOc1ccc(CC(C)N2CCOC(O)(c3cccc(Cl)c3)C2)cc1. The molecule has 2 unspecified atom stereocenters. The lowest BCUT2D eigenvalue weighted by atomic mass is 10.0. The lowest BCUT2D eigenvalue weighted by Gasteiger charge is -2.42. The van der Waals surface area contributed by atoms with Gasteiger partial charge in [0.2, 0.25) is 5.79 Å². The number of rotatable bonds is 9. The molecule has 2 aromatic carbocycles. The summed E-state index contributed by atoms with van der Waals surface area (Å²) >= 11 is 6.09. The van der Waals surface area contributed by atoms with Crippen molar-refractivity contribution in [2.24, 2.45) is 0 Å². The van der Waals surface area contributed by atoms with E-state index in [1.54, 1.807) is 12.1 Å². The first-order chi connectivity index (χ1) is 14.0. The van der Waals surface area contributed by atoms with Crippen molar-refractivity contribution in [2.45, 2.75) is 32.1 Å². The van der Waals surface area contributed by atoms with Crippen LogP contribution in [0.5, 0.6) is 5.75 Å². The van der Waals surface area contributed by atoms with Gasteiger partial charge in [-0.2, -0.15) is 0 Å². The van der Waals surface area contributed by atoms with Gasteiger partial charge in [-0.25, -0.2) is 0 Å². The molecule has 0 aromatic heterocycles. The molecule has 3 rings (SSSR count). The van der Waals surface area contributed by atoms with Crippen LogP contribution in [0.2, 0.25) is 5.02 Å². The minimum atomic E-state index is -1.34. The summed E-state index contributed by atoms with van der Waals surface area (Å²) in [5.41, 5.74) is 1.92. The Morgan fingerprint density at radius 3 is 2.72 bits per heavy atom. The molecule has 158 valence electrons. The molecule has 29 heavy (non-hydrogen) atoms. The van der Waals surface area contributed by atoms with Crippen molar-refractivity contribution >= 4 is 11.6 Å². The van der Waals surface area contributed by atoms with Crippen molar-refractivity contribution in [3.8, 4) is 5.75 Å². The maximum Gasteiger partial charge on any atom is 0.205 e. The monoisotopic (exact) mass is 419 g/mol. The molecule has 0 radical (unpaired) electrons. The number of β-amino-alcohol motifs (C(OH)–C–C–N with tert-alkyl or cyclic N) is 1. The standard InChI is InChI=1S/C23H30ClNO4/c1-3-27-13-14-28-22-9-7-19(8-10-22)15-18(2)25-11-12-29-23(26,17-25)20-5-4-6-21(24)16-20/h4-10,16,18,26H,3,11-15,17H2,1-2H3. The van der Waals surface area contributed by atoms with Gasteiger partial charge in [-0.15, -0.1) is 0 Å². The Kier molecular flexibility index (Phi) is 7.92. The first-order valence-corrected chi connectivity index (χ1v) is 10.5. The first kappa shape index (κ1) is 22.1. The van der Waals surface area contributed by atoms with Crippen molar-refractivity contribution in [3.05, 3.63) is 64.7 Å². The maximum absolute atomic E-state index is 11.1. The molecular formula is C23H30ClNO4. The molecule has 1 N–H and O–H groups in total. The maximum atomic E-state index is 11.1. The van der Waals surface area contributed by atoms with Gasteiger partial charge in [-0.05, 0) is 50.1 Å². The summed E-state index contributed by atoms with van der Waals surface area (Å²) in [6.07, 6.45) is 0.880. The Labute approximate surface area is 178 Å². The Morgan fingerprint density at radius 2 is 2.00 bits per heavy atom. The molecule has 0 saturated carbocycles. The molecule has 5 nitrogen and oxygen atoms in total. The Balaban J connectivity index is 1.56. The quantitative estimate of drug-likeness (QED) is 0.625. The number of morpholine rings is 1. The van der Waals surface area contributed by atoms with Crippen LogP contribution in [0.25, 0.3) is 0 Å². The summed E-state index contributed by atoms with van der Waals surface area (Å²) in [6.45, 7) is 7.67. The third kappa shape index (κ3) is 6.17. The van der Waals surface area contributed by atoms with E-state index in [2.05, 4.69) is 24.0 Å². The Morgan fingerprint density at radius 1 is 1.21 bits per heavy atom. The zero-order chi connectivity index (χ0) is 20.7. The third-order valence-electron chi connectivity index (χ3n) is 5.19. The van der Waals surface area contributed by atoms with Crippen LogP contribution in [0, 0.1) is 0 Å². The van der Waals surface area contributed by atoms with Gasteiger partial charge in [-0.3, -0.25) is 4.90 Å². The molecule has 1 saturated heterocycles. The van der Waals surface area contributed by atoms with Gasteiger partial charge in [0.1, 0.15) is 12.4 Å². The number of halogens is 1. The van der Waals surface area contributed by atoms with Crippen LogP contribution >= 0.6 is 11.6 Å². The van der Waals surface area contributed by atoms with Gasteiger partial charge in [0.25, 0.3) is 0 Å². The van der Waals surface area contributed by atoms with Crippen LogP contribution in [-0.2, 0) is 21.7 Å². The highest BCUT2D eigenvalue weighted by molar-refractivity contribution is 6.30. The smallest absolute Gasteiger partial charge is 0.205 e. The predicted octanol–water partition coefficient (Wildman–Crippen LogP) is 3.86. The molecule has 6 heteroatoms. The van der Waals surface area contributed by atoms with Gasteiger partial charge < -0.3 is 19.3 Å². The lowest BCUT2D eigenvalue weighted by Crippen LogP contribution is -2.53. The number of nitrogens with zero attached hydrogens (tertiary/aromatic N) is 1. The number of ether oxygens (including phenoxy) is 3. The van der Waals surface area contributed by atoms with Crippen LogP contribution in [0.3, 0.4) is 0 Å². The average Bonchev–Trinajstić information content (AvgIpc) is 2.72. The first-order valence-electron chi connectivity index (χ1n) is 10.2. The van der Waals surface area contributed by atoms with E-state index < -0.39 is 5.79 Å². The van der Waals surface area contributed by atoms with E-state index >= 15 is 0 Å². The lowest BCUT2D eigenvalue weighted by molar-refractivity contribution is -0.251. The van der Waals surface area contributed by atoms with Gasteiger partial charge >= 0.3 is 0 Å². The van der Waals surface area contributed by atoms with Crippen molar-refractivity contribution in [3.63, 3.8) is 0 Å². The fourth-order valence-electron chi connectivity index (χ4n) is 3.57. The van der Waals surface area contributed by atoms with Gasteiger partial charge in [-0.1, -0.05) is 35.9 Å². The topological polar surface area (TPSA) is 51.2 Å². The van der Waals surface area contributed by atoms with Crippen LogP contribution in [-0.4, -0.2) is 55.6 Å². The minimum absolute atomic E-state index is 0.259. The van der Waals surface area contributed by atoms with E-state index in [-0.39, 0.29) is 6.04 Å². The summed E-state index contributed by atoms with van der Waals surface area (Å²) in [5, 5.41) is 11.7. The number of aliphatic hydroxyl groups is 1. The summed E-state index contributed by atoms with van der Waals surface area (Å²) in [6, 6.07) is 15.7. The molecule has 2 aromatic rings. The second-order valence-corrected chi connectivity index (χ2v) is 7.79. The highest BCUT2D eigenvalue weighted by Crippen LogP contribution is 2.30. The molecule has 1 aliphatic heterocycles. The van der Waals surface area contributed by atoms with Gasteiger partial charge in [0.05, 0.1) is 19.8 Å². The van der Waals surface area contributed by atoms with Crippen molar-refractivity contribution in [1.29, 1.82) is 0 Å². The second-order valence-electron chi connectivity index (χ2n) is 7.36. The van der Waals surface area contributed by atoms with E-state index in [4.69, 9.17) is 25.8 Å². The van der Waals surface area contributed by atoms with Crippen molar-refractivity contribution in [2.75, 3.05) is 39.5 Å². The fourth-order valence-corrected chi connectivity index (χ4v) is 3.76. The summed E-state index contributed by atoms with van der Waals surface area (Å²) in [7, 11) is 0. The molecule has 0 aliphatic carbocycles. The Bertz CT molecular complexity index is 770. The van der Waals surface area contributed by atoms with E-state index in [0.29, 0.717) is 43.6 Å². The normalized spacial score (nSPS) is 21.1. The molecule has 0 amide bonds.